The second-order valence-corrected chi connectivity index (χ2v) is 5.34. The summed E-state index contributed by atoms with van der Waals surface area (Å²) in [5.41, 5.74) is 1.39. The van der Waals surface area contributed by atoms with Crippen molar-refractivity contribution in [1.29, 1.82) is 0 Å². The van der Waals surface area contributed by atoms with Crippen LogP contribution in [0.3, 0.4) is 0 Å². The number of aryl methyl sites for hydroxylation is 1. The van der Waals surface area contributed by atoms with Crippen LogP contribution in [0.15, 0.2) is 35.4 Å². The fourth-order valence-corrected chi connectivity index (χ4v) is 2.12. The molecule has 0 saturated carbocycles. The lowest BCUT2D eigenvalue weighted by molar-refractivity contribution is -0.118. The maximum atomic E-state index is 12.0. The molecule has 0 spiro atoms. The first-order valence-corrected chi connectivity index (χ1v) is 7.55. The van der Waals surface area contributed by atoms with Gasteiger partial charge in [0.1, 0.15) is 5.82 Å². The molecule has 0 aliphatic rings. The highest BCUT2D eigenvalue weighted by Gasteiger charge is 2.11. The quantitative estimate of drug-likeness (QED) is 0.832. The maximum Gasteiger partial charge on any atom is 0.263 e. The molecule has 0 saturated heterocycles. The first-order valence-electron chi connectivity index (χ1n) is 7.55. The van der Waals surface area contributed by atoms with E-state index < -0.39 is 0 Å². The Bertz CT molecular complexity index is 753. The average Bonchev–Trinajstić information content (AvgIpc) is 2.56. The van der Waals surface area contributed by atoms with Crippen molar-refractivity contribution in [2.45, 2.75) is 20.4 Å². The molecule has 0 fully saturated rings. The molecule has 0 aliphatic carbocycles. The summed E-state index contributed by atoms with van der Waals surface area (Å²) in [6, 6.07) is 4.97. The number of pyridine rings is 2. The molecule has 0 bridgehead atoms. The van der Waals surface area contributed by atoms with Crippen LogP contribution < -0.4 is 15.5 Å². The van der Waals surface area contributed by atoms with E-state index in [1.165, 1.54) is 6.07 Å². The number of methoxy groups -OCH3 is 1. The molecule has 2 heterocycles. The standard InChI is InChI=1S/C17H21N3O4/c1-12-4-5-15(18-10-12)19-16(22)11-24-17-13(2)20(8-9-23-3)7-6-14(17)21/h4-7,10H,8-9,11H2,1-3H3,(H,18,19,22). The van der Waals surface area contributed by atoms with E-state index in [0.29, 0.717) is 24.7 Å². The Balaban J connectivity index is 2.01. The molecule has 0 aliphatic heterocycles. The zero-order valence-electron chi connectivity index (χ0n) is 14.0. The van der Waals surface area contributed by atoms with Gasteiger partial charge in [-0.25, -0.2) is 4.98 Å². The van der Waals surface area contributed by atoms with E-state index in [-0.39, 0.29) is 23.7 Å². The number of amides is 1. The molecular formula is C17H21N3O4. The molecular weight excluding hydrogens is 310 g/mol. The van der Waals surface area contributed by atoms with Gasteiger partial charge in [0.05, 0.1) is 12.3 Å². The average molecular weight is 331 g/mol. The zero-order chi connectivity index (χ0) is 17.5. The molecule has 2 aromatic heterocycles. The lowest BCUT2D eigenvalue weighted by atomic mass is 10.3. The summed E-state index contributed by atoms with van der Waals surface area (Å²) in [5, 5.41) is 2.62. The third kappa shape index (κ3) is 4.66. The van der Waals surface area contributed by atoms with Crippen LogP contribution in [0.4, 0.5) is 5.82 Å². The maximum absolute atomic E-state index is 12.0. The predicted octanol–water partition coefficient (Wildman–Crippen LogP) is 1.52. The first kappa shape index (κ1) is 17.7. The van der Waals surface area contributed by atoms with Crippen LogP contribution in [0.1, 0.15) is 11.3 Å². The number of carbonyl (C=O) groups excluding carboxylic acids is 1. The van der Waals surface area contributed by atoms with Crippen molar-refractivity contribution < 1.29 is 14.3 Å². The number of anilines is 1. The van der Waals surface area contributed by atoms with Crippen LogP contribution in [-0.4, -0.2) is 35.8 Å². The van der Waals surface area contributed by atoms with Crippen LogP contribution in [0.2, 0.25) is 0 Å². The molecule has 0 atom stereocenters. The molecule has 0 unspecified atom stereocenters. The van der Waals surface area contributed by atoms with E-state index in [9.17, 15) is 9.59 Å². The normalized spacial score (nSPS) is 10.5. The van der Waals surface area contributed by atoms with Crippen molar-refractivity contribution >= 4 is 11.7 Å². The van der Waals surface area contributed by atoms with Gasteiger partial charge < -0.3 is 19.4 Å². The van der Waals surface area contributed by atoms with E-state index >= 15 is 0 Å². The Hall–Kier alpha value is -2.67. The fourth-order valence-electron chi connectivity index (χ4n) is 2.12. The largest absolute Gasteiger partial charge is 0.478 e. The number of carbonyl (C=O) groups is 1. The van der Waals surface area contributed by atoms with Gasteiger partial charge in [-0.3, -0.25) is 9.59 Å². The molecule has 0 aromatic carbocycles. The van der Waals surface area contributed by atoms with Crippen molar-refractivity contribution in [2.24, 2.45) is 0 Å². The topological polar surface area (TPSA) is 82.5 Å². The molecule has 7 heteroatoms. The molecule has 0 radical (unpaired) electrons. The SMILES string of the molecule is COCCn1ccc(=O)c(OCC(=O)Nc2ccc(C)cn2)c1C. The molecule has 7 nitrogen and oxygen atoms in total. The Morgan fingerprint density at radius 3 is 2.75 bits per heavy atom. The number of ether oxygens (including phenoxy) is 2. The monoisotopic (exact) mass is 331 g/mol. The van der Waals surface area contributed by atoms with E-state index in [2.05, 4.69) is 10.3 Å². The summed E-state index contributed by atoms with van der Waals surface area (Å²) in [6.45, 7) is 4.53. The number of hydrogen-bond donors (Lipinski definition) is 1. The van der Waals surface area contributed by atoms with Gasteiger partial charge in [0, 0.05) is 32.1 Å². The molecule has 1 amide bonds. The third-order valence-electron chi connectivity index (χ3n) is 3.45. The van der Waals surface area contributed by atoms with Crippen LogP contribution in [0.5, 0.6) is 5.75 Å². The highest BCUT2D eigenvalue weighted by molar-refractivity contribution is 5.90. The summed E-state index contributed by atoms with van der Waals surface area (Å²) in [7, 11) is 1.61. The van der Waals surface area contributed by atoms with Gasteiger partial charge in [0.2, 0.25) is 5.43 Å². The molecule has 1 N–H and O–H groups in total. The molecule has 24 heavy (non-hydrogen) atoms. The van der Waals surface area contributed by atoms with Crippen LogP contribution in [0, 0.1) is 13.8 Å². The van der Waals surface area contributed by atoms with E-state index in [1.54, 1.807) is 32.5 Å². The van der Waals surface area contributed by atoms with Gasteiger partial charge in [0.15, 0.2) is 12.4 Å². The number of nitrogens with one attached hydrogen (secondary N) is 1. The van der Waals surface area contributed by atoms with Crippen LogP contribution in [-0.2, 0) is 16.1 Å². The summed E-state index contributed by atoms with van der Waals surface area (Å²) < 4.78 is 12.3. The summed E-state index contributed by atoms with van der Waals surface area (Å²) in [4.78, 5) is 28.0. The van der Waals surface area contributed by atoms with Gasteiger partial charge >= 0.3 is 0 Å². The number of nitrogens with zero attached hydrogens (tertiary/aromatic N) is 2. The number of hydrogen-bond acceptors (Lipinski definition) is 5. The fraction of sp³-hybridized carbons (Fsp3) is 0.353. The Morgan fingerprint density at radius 1 is 1.29 bits per heavy atom. The third-order valence-corrected chi connectivity index (χ3v) is 3.45. The van der Waals surface area contributed by atoms with Crippen molar-refractivity contribution in [3.8, 4) is 5.75 Å². The van der Waals surface area contributed by atoms with Crippen molar-refractivity contribution in [2.75, 3.05) is 25.6 Å². The second kappa shape index (κ2) is 8.26. The smallest absolute Gasteiger partial charge is 0.263 e. The minimum Gasteiger partial charge on any atom is -0.478 e. The number of aromatic nitrogens is 2. The van der Waals surface area contributed by atoms with E-state index in [4.69, 9.17) is 9.47 Å². The molecule has 2 rings (SSSR count). The van der Waals surface area contributed by atoms with Gasteiger partial charge in [-0.2, -0.15) is 0 Å². The van der Waals surface area contributed by atoms with Crippen molar-refractivity contribution in [3.05, 3.63) is 52.1 Å². The minimum absolute atomic E-state index is 0.167. The highest BCUT2D eigenvalue weighted by Crippen LogP contribution is 2.12. The summed E-state index contributed by atoms with van der Waals surface area (Å²) in [5.74, 6) is 0.231. The lowest BCUT2D eigenvalue weighted by Crippen LogP contribution is -2.24. The molecule has 2 aromatic rings. The van der Waals surface area contributed by atoms with Gasteiger partial charge in [-0.05, 0) is 25.5 Å². The zero-order valence-corrected chi connectivity index (χ0v) is 14.0. The number of rotatable bonds is 7. The second-order valence-electron chi connectivity index (χ2n) is 5.34. The van der Waals surface area contributed by atoms with Gasteiger partial charge in [0.25, 0.3) is 5.91 Å². The lowest BCUT2D eigenvalue weighted by Gasteiger charge is -2.14. The Kier molecular flexibility index (Phi) is 6.08. The summed E-state index contributed by atoms with van der Waals surface area (Å²) in [6.07, 6.45) is 3.34. The van der Waals surface area contributed by atoms with Gasteiger partial charge in [-0.15, -0.1) is 0 Å². The van der Waals surface area contributed by atoms with Crippen molar-refractivity contribution in [1.82, 2.24) is 9.55 Å². The Morgan fingerprint density at radius 2 is 2.08 bits per heavy atom. The van der Waals surface area contributed by atoms with Crippen LogP contribution in [0.25, 0.3) is 0 Å². The van der Waals surface area contributed by atoms with Crippen molar-refractivity contribution in [3.63, 3.8) is 0 Å². The highest BCUT2D eigenvalue weighted by atomic mass is 16.5. The summed E-state index contributed by atoms with van der Waals surface area (Å²) >= 11 is 0. The van der Waals surface area contributed by atoms with Crippen LogP contribution >= 0.6 is 0 Å². The predicted molar refractivity (Wildman–Crippen MR) is 90.4 cm³/mol. The molecule has 128 valence electrons. The van der Waals surface area contributed by atoms with E-state index in [1.807, 2.05) is 17.6 Å². The Labute approximate surface area is 140 Å². The van der Waals surface area contributed by atoms with Gasteiger partial charge in [-0.1, -0.05) is 6.07 Å². The van der Waals surface area contributed by atoms with E-state index in [0.717, 1.165) is 5.56 Å². The first-order chi connectivity index (χ1) is 11.5. The minimum atomic E-state index is -0.377.